The number of hydrogen-bond donors (Lipinski definition) is 1. The minimum absolute atomic E-state index is 0.0255. The van der Waals surface area contributed by atoms with Crippen LogP contribution in [0.25, 0.3) is 0 Å². The molecule has 0 atom stereocenters. The average molecular weight is 163 g/mol. The normalized spacial score (nSPS) is 8.55. The highest BCUT2D eigenvalue weighted by atomic mass is 16.6. The van der Waals surface area contributed by atoms with Gasteiger partial charge in [0, 0.05) is 14.0 Å². The van der Waals surface area contributed by atoms with Crippen molar-refractivity contribution in [1.82, 2.24) is 5.48 Å². The lowest BCUT2D eigenvalue weighted by atomic mass is 10.5. The van der Waals surface area contributed by atoms with Crippen LogP contribution in [0.15, 0.2) is 0 Å². The van der Waals surface area contributed by atoms with Gasteiger partial charge in [-0.25, -0.2) is 5.48 Å². The standard InChI is InChI=1S/C5H10O2.C2H7NO/c1-4(2)7-5(3)6;1-3-4-2/h4H,1-3H3;3H,1-2H3. The molecule has 0 aromatic heterocycles. The van der Waals surface area contributed by atoms with Gasteiger partial charge in [-0.15, -0.1) is 0 Å². The predicted molar refractivity (Wildman–Crippen MR) is 43.0 cm³/mol. The lowest BCUT2D eigenvalue weighted by molar-refractivity contribution is -0.144. The van der Waals surface area contributed by atoms with Gasteiger partial charge in [0.1, 0.15) is 0 Å². The Morgan fingerprint density at radius 2 is 1.82 bits per heavy atom. The Hall–Kier alpha value is -0.610. The highest BCUT2D eigenvalue weighted by Crippen LogP contribution is 1.85. The zero-order valence-electron chi connectivity index (χ0n) is 7.80. The maximum atomic E-state index is 10.0. The summed E-state index contributed by atoms with van der Waals surface area (Å²) in [5, 5.41) is 0. The predicted octanol–water partition coefficient (Wildman–Crippen LogP) is 0.725. The van der Waals surface area contributed by atoms with Crippen LogP contribution in [-0.4, -0.2) is 26.2 Å². The highest BCUT2D eigenvalue weighted by Gasteiger charge is 1.93. The summed E-state index contributed by atoms with van der Waals surface area (Å²) in [6.45, 7) is 5.04. The van der Waals surface area contributed by atoms with Gasteiger partial charge in [0.2, 0.25) is 0 Å². The molecule has 4 heteroatoms. The van der Waals surface area contributed by atoms with Gasteiger partial charge in [0.15, 0.2) is 0 Å². The van der Waals surface area contributed by atoms with E-state index in [1.165, 1.54) is 6.92 Å². The molecule has 0 aliphatic carbocycles. The summed E-state index contributed by atoms with van der Waals surface area (Å²) >= 11 is 0. The van der Waals surface area contributed by atoms with E-state index in [2.05, 4.69) is 15.1 Å². The second-order valence-electron chi connectivity index (χ2n) is 2.07. The van der Waals surface area contributed by atoms with E-state index in [9.17, 15) is 4.79 Å². The number of rotatable bonds is 2. The summed E-state index contributed by atoms with van der Waals surface area (Å²) in [5.74, 6) is -0.213. The van der Waals surface area contributed by atoms with Crippen LogP contribution >= 0.6 is 0 Å². The van der Waals surface area contributed by atoms with Gasteiger partial charge in [0.25, 0.3) is 0 Å². The van der Waals surface area contributed by atoms with E-state index in [0.717, 1.165) is 0 Å². The smallest absolute Gasteiger partial charge is 0.302 e. The molecule has 0 saturated heterocycles. The number of carbonyl (C=O) groups is 1. The molecule has 0 aliphatic heterocycles. The SMILES string of the molecule is CC(=O)OC(C)C.CNOC. The van der Waals surface area contributed by atoms with Crippen LogP contribution in [0.3, 0.4) is 0 Å². The maximum Gasteiger partial charge on any atom is 0.302 e. The third kappa shape index (κ3) is 26.6. The summed E-state index contributed by atoms with van der Waals surface area (Å²) in [5.41, 5.74) is 2.43. The zero-order chi connectivity index (χ0) is 9.28. The molecule has 0 unspecified atom stereocenters. The molecule has 68 valence electrons. The van der Waals surface area contributed by atoms with Gasteiger partial charge < -0.3 is 9.57 Å². The van der Waals surface area contributed by atoms with Crippen molar-refractivity contribution in [3.8, 4) is 0 Å². The van der Waals surface area contributed by atoms with Gasteiger partial charge in [-0.05, 0) is 13.8 Å². The van der Waals surface area contributed by atoms with Crippen LogP contribution < -0.4 is 5.48 Å². The fraction of sp³-hybridized carbons (Fsp3) is 0.857. The molecule has 0 radical (unpaired) electrons. The second kappa shape index (κ2) is 9.39. The van der Waals surface area contributed by atoms with Crippen molar-refractivity contribution in [3.05, 3.63) is 0 Å². The third-order valence-corrected chi connectivity index (χ3v) is 0.606. The third-order valence-electron chi connectivity index (χ3n) is 0.606. The molecule has 4 nitrogen and oxygen atoms in total. The molecule has 0 rings (SSSR count). The van der Waals surface area contributed by atoms with E-state index in [0.29, 0.717) is 0 Å². The number of hydroxylamine groups is 1. The van der Waals surface area contributed by atoms with E-state index in [1.54, 1.807) is 14.2 Å². The largest absolute Gasteiger partial charge is 0.463 e. The topological polar surface area (TPSA) is 47.6 Å². The molecule has 0 heterocycles. The first-order valence-electron chi connectivity index (χ1n) is 3.41. The van der Waals surface area contributed by atoms with E-state index in [-0.39, 0.29) is 12.1 Å². The van der Waals surface area contributed by atoms with Crippen molar-refractivity contribution in [2.24, 2.45) is 0 Å². The van der Waals surface area contributed by atoms with Gasteiger partial charge in [-0.2, -0.15) is 0 Å². The molecular formula is C7H17NO3. The van der Waals surface area contributed by atoms with Crippen LogP contribution in [0, 0.1) is 0 Å². The van der Waals surface area contributed by atoms with Gasteiger partial charge in [-0.3, -0.25) is 4.79 Å². The van der Waals surface area contributed by atoms with Gasteiger partial charge in [0.05, 0.1) is 13.2 Å². The Labute approximate surface area is 67.8 Å². The van der Waals surface area contributed by atoms with E-state index in [4.69, 9.17) is 0 Å². The van der Waals surface area contributed by atoms with Crippen molar-refractivity contribution in [3.63, 3.8) is 0 Å². The molecule has 0 spiro atoms. The molecule has 0 bridgehead atoms. The first kappa shape index (κ1) is 13.0. The molecule has 0 amide bonds. The summed E-state index contributed by atoms with van der Waals surface area (Å²) < 4.78 is 4.61. The number of esters is 1. The minimum Gasteiger partial charge on any atom is -0.463 e. The van der Waals surface area contributed by atoms with Crippen molar-refractivity contribution in [2.45, 2.75) is 26.9 Å². The van der Waals surface area contributed by atoms with E-state index in [1.807, 2.05) is 13.8 Å². The number of carbonyl (C=O) groups excluding carboxylic acids is 1. The second-order valence-corrected chi connectivity index (χ2v) is 2.07. The van der Waals surface area contributed by atoms with Crippen molar-refractivity contribution >= 4 is 5.97 Å². The van der Waals surface area contributed by atoms with Gasteiger partial charge in [-0.1, -0.05) is 0 Å². The first-order valence-corrected chi connectivity index (χ1v) is 3.41. The summed E-state index contributed by atoms with van der Waals surface area (Å²) in [6, 6.07) is 0. The fourth-order valence-electron chi connectivity index (χ4n) is 0.332. The Morgan fingerprint density at radius 1 is 1.45 bits per heavy atom. The Bertz CT molecular complexity index is 91.7. The zero-order valence-corrected chi connectivity index (χ0v) is 7.80. The van der Waals surface area contributed by atoms with Crippen LogP contribution in [-0.2, 0) is 14.4 Å². The average Bonchev–Trinajstić information content (AvgIpc) is 1.85. The molecular weight excluding hydrogens is 146 g/mol. The Balaban J connectivity index is 0. The van der Waals surface area contributed by atoms with Crippen LogP contribution in [0.4, 0.5) is 0 Å². The Morgan fingerprint density at radius 3 is 1.82 bits per heavy atom. The van der Waals surface area contributed by atoms with E-state index >= 15 is 0 Å². The van der Waals surface area contributed by atoms with Gasteiger partial charge >= 0.3 is 5.97 Å². The van der Waals surface area contributed by atoms with Crippen LogP contribution in [0.5, 0.6) is 0 Å². The molecule has 0 saturated carbocycles. The van der Waals surface area contributed by atoms with E-state index < -0.39 is 0 Å². The first-order chi connectivity index (χ1) is 5.04. The number of hydrogen-bond acceptors (Lipinski definition) is 4. The lowest BCUT2D eigenvalue weighted by Crippen LogP contribution is -2.06. The summed E-state index contributed by atoms with van der Waals surface area (Å²) in [7, 11) is 3.28. The molecule has 0 aromatic rings. The molecule has 1 N–H and O–H groups in total. The molecule has 0 aliphatic rings. The van der Waals surface area contributed by atoms with Crippen molar-refractivity contribution in [1.29, 1.82) is 0 Å². The van der Waals surface area contributed by atoms with Crippen LogP contribution in [0.2, 0.25) is 0 Å². The molecule has 0 fully saturated rings. The van der Waals surface area contributed by atoms with Crippen LogP contribution in [0.1, 0.15) is 20.8 Å². The number of nitrogens with one attached hydrogen (secondary N) is 1. The Kier molecular flexibility index (Phi) is 11.1. The molecule has 11 heavy (non-hydrogen) atoms. The summed E-state index contributed by atoms with van der Waals surface area (Å²) in [6.07, 6.45) is 0.0255. The van der Waals surface area contributed by atoms with Crippen molar-refractivity contribution < 1.29 is 14.4 Å². The van der Waals surface area contributed by atoms with Crippen molar-refractivity contribution in [2.75, 3.05) is 14.2 Å². The fourth-order valence-corrected chi connectivity index (χ4v) is 0.332. The monoisotopic (exact) mass is 163 g/mol. The highest BCUT2D eigenvalue weighted by molar-refractivity contribution is 5.66. The maximum absolute atomic E-state index is 10.0. The lowest BCUT2D eigenvalue weighted by Gasteiger charge is -2.01. The minimum atomic E-state index is -0.213. The molecule has 0 aromatic carbocycles. The number of ether oxygens (including phenoxy) is 1. The quantitative estimate of drug-likeness (QED) is 0.481. The summed E-state index contributed by atoms with van der Waals surface area (Å²) in [4.78, 5) is 14.3.